The highest BCUT2D eigenvalue weighted by atomic mass is 32.1. The summed E-state index contributed by atoms with van der Waals surface area (Å²) in [6.07, 6.45) is -3.51. The van der Waals surface area contributed by atoms with E-state index in [0.717, 1.165) is 30.5 Å². The molecule has 0 aliphatic rings. The average molecular weight is 384 g/mol. The Kier molecular flexibility index (Phi) is 5.72. The van der Waals surface area contributed by atoms with Crippen LogP contribution in [0.3, 0.4) is 0 Å². The molecule has 136 valence electrons. The van der Waals surface area contributed by atoms with Crippen LogP contribution in [0.2, 0.25) is 0 Å². The van der Waals surface area contributed by atoms with Crippen LogP contribution < -0.4 is 10.7 Å². The van der Waals surface area contributed by atoms with E-state index in [9.17, 15) is 28.4 Å². The molecule has 0 bridgehead atoms. The number of nitrogens with zero attached hydrogens (tertiary/aromatic N) is 2. The number of phenols is 1. The van der Waals surface area contributed by atoms with Crippen molar-refractivity contribution in [3.63, 3.8) is 0 Å². The van der Waals surface area contributed by atoms with Crippen LogP contribution in [0, 0.1) is 10.1 Å². The lowest BCUT2D eigenvalue weighted by molar-refractivity contribution is -0.384. The van der Waals surface area contributed by atoms with E-state index in [-0.39, 0.29) is 27.8 Å². The van der Waals surface area contributed by atoms with E-state index in [1.165, 1.54) is 18.2 Å². The summed E-state index contributed by atoms with van der Waals surface area (Å²) in [6, 6.07) is 8.06. The molecule has 7 nitrogen and oxygen atoms in total. The number of aromatic hydroxyl groups is 1. The van der Waals surface area contributed by atoms with Crippen molar-refractivity contribution in [3.05, 3.63) is 63.7 Å². The molecule has 2 rings (SSSR count). The van der Waals surface area contributed by atoms with Gasteiger partial charge in [0.25, 0.3) is 5.69 Å². The molecular weight excluding hydrogens is 373 g/mol. The van der Waals surface area contributed by atoms with Gasteiger partial charge in [-0.1, -0.05) is 12.1 Å². The fourth-order valence-corrected chi connectivity index (χ4v) is 2.07. The van der Waals surface area contributed by atoms with Gasteiger partial charge in [0.1, 0.15) is 5.75 Å². The summed E-state index contributed by atoms with van der Waals surface area (Å²) in [6.45, 7) is 0. The molecule has 2 aromatic carbocycles. The maximum Gasteiger partial charge on any atom is 0.418 e. The van der Waals surface area contributed by atoms with E-state index < -0.39 is 16.7 Å². The summed E-state index contributed by atoms with van der Waals surface area (Å²) < 4.78 is 38.7. The van der Waals surface area contributed by atoms with Gasteiger partial charge in [0.2, 0.25) is 0 Å². The predicted molar refractivity (Wildman–Crippen MR) is 93.2 cm³/mol. The first kappa shape index (κ1) is 19.1. The number of alkyl halides is 3. The number of phenolic OH excluding ortho intramolecular Hbond substituents is 1. The largest absolute Gasteiger partial charge is 0.507 e. The molecule has 0 fully saturated rings. The van der Waals surface area contributed by atoms with Crippen molar-refractivity contribution in [2.45, 2.75) is 6.18 Å². The summed E-state index contributed by atoms with van der Waals surface area (Å²) in [5.74, 6) is -0.262. The number of hydrogen-bond acceptors (Lipinski definition) is 5. The smallest absolute Gasteiger partial charge is 0.418 e. The number of benzene rings is 2. The van der Waals surface area contributed by atoms with Crippen LogP contribution in [-0.4, -0.2) is 21.4 Å². The Labute approximate surface area is 150 Å². The van der Waals surface area contributed by atoms with E-state index in [1.807, 2.05) is 0 Å². The average Bonchev–Trinajstić information content (AvgIpc) is 2.55. The van der Waals surface area contributed by atoms with Gasteiger partial charge in [-0.3, -0.25) is 15.5 Å². The van der Waals surface area contributed by atoms with Crippen molar-refractivity contribution in [1.82, 2.24) is 5.43 Å². The number of thiocarbonyl (C=S) groups is 1. The molecule has 2 aromatic rings. The lowest BCUT2D eigenvalue weighted by Crippen LogP contribution is -2.25. The fourth-order valence-electron chi connectivity index (χ4n) is 1.91. The van der Waals surface area contributed by atoms with Gasteiger partial charge in [0.15, 0.2) is 5.11 Å². The van der Waals surface area contributed by atoms with Crippen LogP contribution in [0.15, 0.2) is 47.6 Å². The minimum Gasteiger partial charge on any atom is -0.507 e. The topological polar surface area (TPSA) is 99.8 Å². The molecule has 0 atom stereocenters. The Morgan fingerprint density at radius 2 is 1.96 bits per heavy atom. The zero-order valence-electron chi connectivity index (χ0n) is 12.8. The first-order chi connectivity index (χ1) is 12.2. The lowest BCUT2D eigenvalue weighted by Gasteiger charge is -2.14. The third-order valence-corrected chi connectivity index (χ3v) is 3.27. The molecule has 0 saturated carbocycles. The third-order valence-electron chi connectivity index (χ3n) is 3.07. The molecule has 0 heterocycles. The molecule has 0 aliphatic heterocycles. The zero-order valence-corrected chi connectivity index (χ0v) is 13.6. The highest BCUT2D eigenvalue weighted by molar-refractivity contribution is 7.80. The molecule has 0 aliphatic carbocycles. The van der Waals surface area contributed by atoms with Crippen LogP contribution in [0.5, 0.6) is 5.75 Å². The number of hydrazone groups is 1. The van der Waals surface area contributed by atoms with Gasteiger partial charge in [-0.15, -0.1) is 0 Å². The number of anilines is 1. The Morgan fingerprint density at radius 1 is 1.27 bits per heavy atom. The summed E-state index contributed by atoms with van der Waals surface area (Å²) >= 11 is 4.86. The van der Waals surface area contributed by atoms with Crippen molar-refractivity contribution in [3.8, 4) is 5.75 Å². The molecule has 0 amide bonds. The molecule has 26 heavy (non-hydrogen) atoms. The number of non-ortho nitro benzene ring substituents is 1. The normalized spacial score (nSPS) is 11.3. The van der Waals surface area contributed by atoms with Crippen molar-refractivity contribution in [1.29, 1.82) is 0 Å². The highest BCUT2D eigenvalue weighted by Crippen LogP contribution is 2.34. The van der Waals surface area contributed by atoms with Gasteiger partial charge in [-0.05, 0) is 30.4 Å². The second-order valence-corrected chi connectivity index (χ2v) is 5.28. The van der Waals surface area contributed by atoms with Gasteiger partial charge in [-0.25, -0.2) is 0 Å². The summed E-state index contributed by atoms with van der Waals surface area (Å²) in [5.41, 5.74) is 0.891. The second kappa shape index (κ2) is 7.78. The Morgan fingerprint density at radius 3 is 2.62 bits per heavy atom. The molecule has 11 heteroatoms. The van der Waals surface area contributed by atoms with Gasteiger partial charge >= 0.3 is 6.18 Å². The number of rotatable bonds is 4. The third kappa shape index (κ3) is 4.89. The Balaban J connectivity index is 2.08. The Hall–Kier alpha value is -3.21. The van der Waals surface area contributed by atoms with Crippen molar-refractivity contribution < 1.29 is 23.2 Å². The predicted octanol–water partition coefficient (Wildman–Crippen LogP) is 3.64. The lowest BCUT2D eigenvalue weighted by atomic mass is 10.2. The monoisotopic (exact) mass is 384 g/mol. The van der Waals surface area contributed by atoms with Crippen LogP contribution in [0.4, 0.5) is 24.5 Å². The van der Waals surface area contributed by atoms with Crippen molar-refractivity contribution in [2.75, 3.05) is 5.32 Å². The zero-order chi connectivity index (χ0) is 19.3. The van der Waals surface area contributed by atoms with E-state index in [1.54, 1.807) is 0 Å². The number of nitro groups is 1. The number of nitro benzene ring substituents is 1. The summed E-state index contributed by atoms with van der Waals surface area (Å²) in [4.78, 5) is 10.1. The van der Waals surface area contributed by atoms with E-state index in [2.05, 4.69) is 15.8 Å². The first-order valence-corrected chi connectivity index (χ1v) is 7.33. The van der Waals surface area contributed by atoms with Crippen molar-refractivity contribution >= 4 is 34.9 Å². The summed E-state index contributed by atoms with van der Waals surface area (Å²) in [5, 5.41) is 26.1. The quantitative estimate of drug-likeness (QED) is 0.322. The van der Waals surface area contributed by atoms with E-state index in [4.69, 9.17) is 12.2 Å². The van der Waals surface area contributed by atoms with Gasteiger partial charge in [-0.2, -0.15) is 18.3 Å². The fraction of sp³-hybridized carbons (Fsp3) is 0.0667. The van der Waals surface area contributed by atoms with E-state index in [0.29, 0.717) is 0 Å². The highest BCUT2D eigenvalue weighted by Gasteiger charge is 2.33. The van der Waals surface area contributed by atoms with Gasteiger partial charge < -0.3 is 10.4 Å². The van der Waals surface area contributed by atoms with Gasteiger partial charge in [0.05, 0.1) is 22.4 Å². The Bertz CT molecular complexity index is 871. The standard InChI is InChI=1S/C15H11F3N4O3S/c16-15(17,18)11-3-1-2-4-12(11)20-14(26)21-19-8-9-7-10(22(24)25)5-6-13(9)23/h1-8,23H,(H2,20,21,26)/b19-8+. The van der Waals surface area contributed by atoms with E-state index >= 15 is 0 Å². The first-order valence-electron chi connectivity index (χ1n) is 6.92. The van der Waals surface area contributed by atoms with Crippen LogP contribution >= 0.6 is 12.2 Å². The number of para-hydroxylation sites is 1. The molecule has 0 unspecified atom stereocenters. The molecule has 0 saturated heterocycles. The molecule has 0 aromatic heterocycles. The minimum atomic E-state index is -4.56. The van der Waals surface area contributed by atoms with Gasteiger partial charge in [0, 0.05) is 17.7 Å². The summed E-state index contributed by atoms with van der Waals surface area (Å²) in [7, 11) is 0. The minimum absolute atomic E-state index is 0.0326. The molecule has 0 spiro atoms. The van der Waals surface area contributed by atoms with Crippen LogP contribution in [-0.2, 0) is 6.18 Å². The molecular formula is C15H11F3N4O3S. The number of hydrogen-bond donors (Lipinski definition) is 3. The van der Waals surface area contributed by atoms with Crippen LogP contribution in [0.25, 0.3) is 0 Å². The molecule has 0 radical (unpaired) electrons. The second-order valence-electron chi connectivity index (χ2n) is 4.87. The SMILES string of the molecule is O=[N+]([O-])c1ccc(O)c(/C=N/NC(=S)Nc2ccccc2C(F)(F)F)c1. The molecule has 3 N–H and O–H groups in total. The maximum absolute atomic E-state index is 12.9. The maximum atomic E-state index is 12.9. The van der Waals surface area contributed by atoms with Crippen molar-refractivity contribution in [2.24, 2.45) is 5.10 Å². The number of halogens is 3. The number of nitrogens with one attached hydrogen (secondary N) is 2. The van der Waals surface area contributed by atoms with Crippen LogP contribution in [0.1, 0.15) is 11.1 Å².